The zero-order valence-corrected chi connectivity index (χ0v) is 21.6. The third-order valence-corrected chi connectivity index (χ3v) is 6.66. The number of hydrogen-bond acceptors (Lipinski definition) is 9. The van der Waals surface area contributed by atoms with Crippen LogP contribution in [0.4, 0.5) is 0 Å². The van der Waals surface area contributed by atoms with Gasteiger partial charge in [-0.25, -0.2) is 14.6 Å². The highest BCUT2D eigenvalue weighted by atomic mass is 16.5. The molecule has 1 fully saturated rings. The number of aryl methyl sites for hydroxylation is 1. The maximum Gasteiger partial charge on any atom is 0.319 e. The zero-order chi connectivity index (χ0) is 25.7. The van der Waals surface area contributed by atoms with Gasteiger partial charge in [0.2, 0.25) is 0 Å². The fourth-order valence-electron chi connectivity index (χ4n) is 5.52. The van der Waals surface area contributed by atoms with Crippen LogP contribution in [0.25, 0.3) is 33.7 Å². The fourth-order valence-corrected chi connectivity index (χ4v) is 5.52. The number of hydrogen-bond donors (Lipinski definition) is 2. The average Bonchev–Trinajstić information content (AvgIpc) is 3.24. The highest BCUT2D eigenvalue weighted by Crippen LogP contribution is 2.39. The van der Waals surface area contributed by atoms with Crippen molar-refractivity contribution in [3.8, 4) is 34.3 Å². The Balaban J connectivity index is 1.54. The van der Waals surface area contributed by atoms with Gasteiger partial charge in [-0.1, -0.05) is 18.2 Å². The molecule has 0 radical (unpaired) electrons. The van der Waals surface area contributed by atoms with Crippen molar-refractivity contribution in [3.05, 3.63) is 36.3 Å². The van der Waals surface area contributed by atoms with Crippen molar-refractivity contribution in [1.82, 2.24) is 40.2 Å². The molecule has 36 heavy (non-hydrogen) atoms. The SMILES string of the molecule is CCc1nc2c(cc1-c1ccc(-c3ncnc(OC)n3)cc1O)nnn2C1CC(C)(C)NC(C)(C)C1. The van der Waals surface area contributed by atoms with Crippen LogP contribution in [0.15, 0.2) is 30.6 Å². The van der Waals surface area contributed by atoms with Crippen LogP contribution >= 0.6 is 0 Å². The van der Waals surface area contributed by atoms with Gasteiger partial charge >= 0.3 is 6.01 Å². The summed E-state index contributed by atoms with van der Waals surface area (Å²) in [6.45, 7) is 11.0. The lowest BCUT2D eigenvalue weighted by molar-refractivity contribution is 0.127. The number of phenolic OH excluding ortho intramolecular Hbond substituents is 1. The van der Waals surface area contributed by atoms with Gasteiger partial charge in [0, 0.05) is 27.8 Å². The first-order valence-electron chi connectivity index (χ1n) is 12.2. The minimum absolute atomic E-state index is 0.0195. The summed E-state index contributed by atoms with van der Waals surface area (Å²) in [6.07, 6.45) is 3.95. The number of nitrogens with one attached hydrogen (secondary N) is 1. The molecule has 10 nitrogen and oxygen atoms in total. The molecule has 10 heteroatoms. The number of piperidine rings is 1. The number of aromatic nitrogens is 7. The molecule has 4 aromatic rings. The molecule has 0 unspecified atom stereocenters. The summed E-state index contributed by atoms with van der Waals surface area (Å²) in [6, 6.07) is 7.74. The Morgan fingerprint density at radius 3 is 2.47 bits per heavy atom. The van der Waals surface area contributed by atoms with Crippen LogP contribution in [0.1, 0.15) is 59.2 Å². The third kappa shape index (κ3) is 4.48. The molecule has 188 valence electrons. The van der Waals surface area contributed by atoms with E-state index in [1.54, 1.807) is 6.07 Å². The number of phenols is 1. The molecule has 1 aromatic carbocycles. The Hall–Kier alpha value is -3.66. The van der Waals surface area contributed by atoms with Gasteiger partial charge in [-0.3, -0.25) is 0 Å². The molecule has 0 amide bonds. The molecule has 0 spiro atoms. The molecule has 0 aliphatic carbocycles. The molecule has 2 N–H and O–H groups in total. The summed E-state index contributed by atoms with van der Waals surface area (Å²) in [5.74, 6) is 0.528. The average molecular weight is 489 g/mol. The lowest BCUT2D eigenvalue weighted by atomic mass is 9.79. The number of methoxy groups -OCH3 is 1. The van der Waals surface area contributed by atoms with Crippen molar-refractivity contribution in [2.24, 2.45) is 0 Å². The molecule has 1 aliphatic heterocycles. The van der Waals surface area contributed by atoms with E-state index in [4.69, 9.17) is 9.72 Å². The van der Waals surface area contributed by atoms with Crippen LogP contribution in [0.3, 0.4) is 0 Å². The number of nitrogens with zero attached hydrogens (tertiary/aromatic N) is 7. The van der Waals surface area contributed by atoms with Gasteiger partial charge < -0.3 is 15.2 Å². The van der Waals surface area contributed by atoms with E-state index in [0.717, 1.165) is 29.7 Å². The van der Waals surface area contributed by atoms with E-state index in [9.17, 15) is 5.11 Å². The number of fused-ring (bicyclic) bond motifs is 1. The topological polar surface area (TPSA) is 124 Å². The second-order valence-electron chi connectivity index (χ2n) is 10.7. The number of rotatable bonds is 5. The van der Waals surface area contributed by atoms with Gasteiger partial charge in [-0.05, 0) is 65.2 Å². The van der Waals surface area contributed by atoms with Gasteiger partial charge in [0.25, 0.3) is 0 Å². The van der Waals surface area contributed by atoms with Crippen LogP contribution in [0.2, 0.25) is 0 Å². The first-order chi connectivity index (χ1) is 17.1. The number of pyridine rings is 1. The smallest absolute Gasteiger partial charge is 0.319 e. The predicted octanol–water partition coefficient (Wildman–Crippen LogP) is 4.10. The zero-order valence-electron chi connectivity index (χ0n) is 21.6. The standard InChI is InChI=1S/C26H32N8O2/c1-7-19-18(17-9-8-15(10-21(17)35)22-27-14-28-24(30-22)36-6)11-20-23(29-19)34(33-31-20)16-12-25(2,3)32-26(4,5)13-16/h8-11,14,16,32,35H,7,12-13H2,1-6H3. The highest BCUT2D eigenvalue weighted by molar-refractivity contribution is 5.83. The Bertz CT molecular complexity index is 1410. The normalized spacial score (nSPS) is 17.4. The van der Waals surface area contributed by atoms with Crippen LogP contribution in [0, 0.1) is 0 Å². The van der Waals surface area contributed by atoms with Crippen molar-refractivity contribution in [1.29, 1.82) is 0 Å². The van der Waals surface area contributed by atoms with Gasteiger partial charge in [0.15, 0.2) is 11.5 Å². The second kappa shape index (κ2) is 8.77. The predicted molar refractivity (Wildman–Crippen MR) is 137 cm³/mol. The Labute approximate surface area is 210 Å². The molecule has 5 rings (SSSR count). The first kappa shape index (κ1) is 24.1. The number of ether oxygens (including phenoxy) is 1. The summed E-state index contributed by atoms with van der Waals surface area (Å²) in [4.78, 5) is 17.4. The Morgan fingerprint density at radius 1 is 1.06 bits per heavy atom. The molecular weight excluding hydrogens is 456 g/mol. The molecule has 0 saturated carbocycles. The van der Waals surface area contributed by atoms with E-state index in [2.05, 4.69) is 65.2 Å². The van der Waals surface area contributed by atoms with E-state index in [-0.39, 0.29) is 28.9 Å². The maximum absolute atomic E-state index is 11.0. The Morgan fingerprint density at radius 2 is 1.81 bits per heavy atom. The van der Waals surface area contributed by atoms with E-state index >= 15 is 0 Å². The van der Waals surface area contributed by atoms with Gasteiger partial charge in [-0.15, -0.1) is 5.10 Å². The van der Waals surface area contributed by atoms with Crippen molar-refractivity contribution in [2.45, 2.75) is 71.0 Å². The van der Waals surface area contributed by atoms with Crippen LogP contribution in [0.5, 0.6) is 11.8 Å². The Kier molecular flexibility index (Phi) is 5.86. The van der Waals surface area contributed by atoms with Crippen molar-refractivity contribution in [2.75, 3.05) is 7.11 Å². The van der Waals surface area contributed by atoms with Crippen LogP contribution < -0.4 is 10.1 Å². The van der Waals surface area contributed by atoms with E-state index in [1.165, 1.54) is 13.4 Å². The van der Waals surface area contributed by atoms with Gasteiger partial charge in [0.1, 0.15) is 17.6 Å². The van der Waals surface area contributed by atoms with E-state index < -0.39 is 0 Å². The summed E-state index contributed by atoms with van der Waals surface area (Å²) >= 11 is 0. The largest absolute Gasteiger partial charge is 0.507 e. The molecular formula is C26H32N8O2. The van der Waals surface area contributed by atoms with Crippen molar-refractivity contribution in [3.63, 3.8) is 0 Å². The van der Waals surface area contributed by atoms with Crippen molar-refractivity contribution < 1.29 is 9.84 Å². The second-order valence-corrected chi connectivity index (χ2v) is 10.7. The van der Waals surface area contributed by atoms with E-state index in [1.807, 2.05) is 22.9 Å². The van der Waals surface area contributed by atoms with Crippen LogP contribution in [-0.4, -0.2) is 58.2 Å². The summed E-state index contributed by atoms with van der Waals surface area (Å²) < 4.78 is 7.07. The summed E-state index contributed by atoms with van der Waals surface area (Å²) in [7, 11) is 1.50. The lowest BCUT2D eigenvalue weighted by Crippen LogP contribution is -2.58. The number of benzene rings is 1. The quantitative estimate of drug-likeness (QED) is 0.427. The molecule has 0 atom stereocenters. The minimum Gasteiger partial charge on any atom is -0.507 e. The summed E-state index contributed by atoms with van der Waals surface area (Å²) in [5, 5.41) is 23.7. The number of aromatic hydroxyl groups is 1. The lowest BCUT2D eigenvalue weighted by Gasteiger charge is -2.46. The molecule has 3 aromatic heterocycles. The van der Waals surface area contributed by atoms with E-state index in [0.29, 0.717) is 28.9 Å². The van der Waals surface area contributed by atoms with Crippen LogP contribution in [-0.2, 0) is 6.42 Å². The van der Waals surface area contributed by atoms with Gasteiger partial charge in [-0.2, -0.15) is 9.97 Å². The minimum atomic E-state index is -0.0195. The molecule has 1 aliphatic rings. The highest BCUT2D eigenvalue weighted by Gasteiger charge is 2.39. The summed E-state index contributed by atoms with van der Waals surface area (Å²) in [5.41, 5.74) is 4.49. The monoisotopic (exact) mass is 488 g/mol. The molecule has 4 heterocycles. The van der Waals surface area contributed by atoms with Gasteiger partial charge in [0.05, 0.1) is 18.8 Å². The van der Waals surface area contributed by atoms with Crippen molar-refractivity contribution >= 4 is 11.2 Å². The molecule has 1 saturated heterocycles. The first-order valence-corrected chi connectivity index (χ1v) is 12.2. The molecule has 0 bridgehead atoms. The fraction of sp³-hybridized carbons (Fsp3) is 0.462. The maximum atomic E-state index is 11.0. The third-order valence-electron chi connectivity index (χ3n) is 6.66.